The smallest absolute Gasteiger partial charge is 0.268 e. The summed E-state index contributed by atoms with van der Waals surface area (Å²) in [6, 6.07) is -0.558. The van der Waals surface area contributed by atoms with Crippen molar-refractivity contribution in [2.45, 2.75) is 44.1 Å². The quantitative estimate of drug-likeness (QED) is 0.523. The SMILES string of the molecule is [B][C@H]1C[C@H]2OP(=O)([O-])OC[C@]2(COC(C)C)O1. The van der Waals surface area contributed by atoms with E-state index in [4.69, 9.17) is 21.8 Å². The lowest BCUT2D eigenvalue weighted by molar-refractivity contribution is -0.260. The van der Waals surface area contributed by atoms with Gasteiger partial charge in [0.2, 0.25) is 0 Å². The monoisotopic (exact) mass is 261 g/mol. The molecule has 2 heterocycles. The molecule has 2 aliphatic rings. The third-order valence-electron chi connectivity index (χ3n) is 2.80. The van der Waals surface area contributed by atoms with Crippen molar-refractivity contribution in [1.29, 1.82) is 0 Å². The third kappa shape index (κ3) is 2.92. The van der Waals surface area contributed by atoms with E-state index < -0.39 is 25.5 Å². The van der Waals surface area contributed by atoms with E-state index in [0.29, 0.717) is 6.42 Å². The summed E-state index contributed by atoms with van der Waals surface area (Å²) in [5, 5.41) is 0. The summed E-state index contributed by atoms with van der Waals surface area (Å²) in [5.41, 5.74) is -0.915. The molecule has 2 fully saturated rings. The molecule has 6 nitrogen and oxygen atoms in total. The van der Waals surface area contributed by atoms with Crippen molar-refractivity contribution in [3.63, 3.8) is 0 Å². The van der Waals surface area contributed by atoms with Crippen molar-refractivity contribution in [2.24, 2.45) is 0 Å². The van der Waals surface area contributed by atoms with E-state index in [2.05, 4.69) is 4.52 Å². The first-order chi connectivity index (χ1) is 7.83. The molecule has 2 saturated heterocycles. The predicted molar refractivity (Wildman–Crippen MR) is 57.5 cm³/mol. The van der Waals surface area contributed by atoms with Crippen LogP contribution in [0.25, 0.3) is 0 Å². The average molecular weight is 261 g/mol. The minimum Gasteiger partial charge on any atom is -0.756 e. The maximum Gasteiger partial charge on any atom is 0.268 e. The van der Waals surface area contributed by atoms with E-state index in [1.54, 1.807) is 0 Å². The Morgan fingerprint density at radius 3 is 3.00 bits per heavy atom. The van der Waals surface area contributed by atoms with Crippen LogP contribution in [0, 0.1) is 0 Å². The van der Waals surface area contributed by atoms with Crippen LogP contribution >= 0.6 is 7.82 Å². The third-order valence-corrected chi connectivity index (χ3v) is 3.76. The molecule has 0 aliphatic carbocycles. The molecule has 96 valence electrons. The van der Waals surface area contributed by atoms with Gasteiger partial charge in [0.25, 0.3) is 7.82 Å². The van der Waals surface area contributed by atoms with Gasteiger partial charge in [-0.2, -0.15) is 0 Å². The van der Waals surface area contributed by atoms with Crippen LogP contribution in [0.3, 0.4) is 0 Å². The van der Waals surface area contributed by atoms with Crippen LogP contribution in [-0.4, -0.2) is 44.9 Å². The van der Waals surface area contributed by atoms with Crippen LogP contribution < -0.4 is 4.89 Å². The number of phosphoric ester groups is 1. The van der Waals surface area contributed by atoms with Gasteiger partial charge in [0, 0.05) is 6.00 Å². The standard InChI is InChI=1S/C9H16BO6P/c1-6(2)13-4-9-5-14-17(11,12)16-7(9)3-8(10)15-9/h6-8H,3-5H2,1-2H3,(H,11,12)/p-1/t7-,8-,9+/m1/s1. The highest BCUT2D eigenvalue weighted by Crippen LogP contribution is 2.51. The lowest BCUT2D eigenvalue weighted by Crippen LogP contribution is -2.52. The van der Waals surface area contributed by atoms with Crippen molar-refractivity contribution in [2.75, 3.05) is 13.2 Å². The molecule has 0 N–H and O–H groups in total. The Hall–Kier alpha value is 0.0949. The predicted octanol–water partition coefficient (Wildman–Crippen LogP) is -0.0511. The molecule has 2 rings (SSSR count). The van der Waals surface area contributed by atoms with Gasteiger partial charge in [0.05, 0.1) is 19.3 Å². The van der Waals surface area contributed by atoms with Gasteiger partial charge < -0.3 is 23.4 Å². The molecular weight excluding hydrogens is 246 g/mol. The molecular formula is C9H15BO6P-. The number of ether oxygens (including phenoxy) is 2. The Balaban J connectivity index is 2.10. The molecule has 17 heavy (non-hydrogen) atoms. The van der Waals surface area contributed by atoms with E-state index in [0.717, 1.165) is 0 Å². The van der Waals surface area contributed by atoms with Gasteiger partial charge in [-0.05, 0) is 20.3 Å². The van der Waals surface area contributed by atoms with Gasteiger partial charge in [-0.3, -0.25) is 4.57 Å². The number of phosphoric acid groups is 1. The van der Waals surface area contributed by atoms with Crippen LogP contribution in [0.15, 0.2) is 0 Å². The molecule has 0 amide bonds. The molecule has 0 aromatic rings. The molecule has 2 aliphatic heterocycles. The normalized spacial score (nSPS) is 46.1. The lowest BCUT2D eigenvalue weighted by Gasteiger charge is -2.42. The number of rotatable bonds is 3. The highest BCUT2D eigenvalue weighted by molar-refractivity contribution is 7.45. The second-order valence-electron chi connectivity index (χ2n) is 4.63. The Bertz CT molecular complexity index is 337. The molecule has 0 aromatic heterocycles. The molecule has 8 heteroatoms. The molecule has 0 saturated carbocycles. The first-order valence-electron chi connectivity index (χ1n) is 5.52. The second-order valence-corrected chi connectivity index (χ2v) is 5.99. The lowest BCUT2D eigenvalue weighted by atomic mass is 9.93. The number of fused-ring (bicyclic) bond motifs is 1. The summed E-state index contributed by atoms with van der Waals surface area (Å²) in [5.74, 6) is 0. The average Bonchev–Trinajstić information content (AvgIpc) is 2.50. The maximum absolute atomic E-state index is 11.2. The minimum absolute atomic E-state index is 0.00596. The molecule has 0 spiro atoms. The maximum atomic E-state index is 11.2. The zero-order chi connectivity index (χ0) is 12.7. The fourth-order valence-corrected chi connectivity index (χ4v) is 3.00. The van der Waals surface area contributed by atoms with E-state index in [-0.39, 0.29) is 19.3 Å². The zero-order valence-corrected chi connectivity index (χ0v) is 10.7. The van der Waals surface area contributed by atoms with Crippen LogP contribution in [0.4, 0.5) is 0 Å². The first kappa shape index (κ1) is 13.5. The van der Waals surface area contributed by atoms with Gasteiger partial charge in [0.15, 0.2) is 0 Å². The highest BCUT2D eigenvalue weighted by atomic mass is 31.2. The fourth-order valence-electron chi connectivity index (χ4n) is 1.97. The summed E-state index contributed by atoms with van der Waals surface area (Å²) in [4.78, 5) is 11.2. The Morgan fingerprint density at radius 2 is 2.35 bits per heavy atom. The summed E-state index contributed by atoms with van der Waals surface area (Å²) in [6.07, 6.45) is -0.309. The Kier molecular flexibility index (Phi) is 3.70. The van der Waals surface area contributed by atoms with Gasteiger partial charge in [-0.1, -0.05) is 0 Å². The van der Waals surface area contributed by atoms with Gasteiger partial charge >= 0.3 is 0 Å². The van der Waals surface area contributed by atoms with Gasteiger partial charge in [-0.15, -0.1) is 0 Å². The minimum atomic E-state index is -4.21. The number of hydrogen-bond donors (Lipinski definition) is 0. The highest BCUT2D eigenvalue weighted by Gasteiger charge is 2.53. The van der Waals surface area contributed by atoms with Gasteiger partial charge in [-0.25, -0.2) is 0 Å². The summed E-state index contributed by atoms with van der Waals surface area (Å²) in [7, 11) is 1.46. The van der Waals surface area contributed by atoms with E-state index in [9.17, 15) is 9.46 Å². The van der Waals surface area contributed by atoms with Crippen molar-refractivity contribution >= 4 is 15.7 Å². The summed E-state index contributed by atoms with van der Waals surface area (Å²) >= 11 is 0. The van der Waals surface area contributed by atoms with Crippen molar-refractivity contribution in [3.05, 3.63) is 0 Å². The molecule has 0 bridgehead atoms. The van der Waals surface area contributed by atoms with Crippen LogP contribution in [0.1, 0.15) is 20.3 Å². The zero-order valence-electron chi connectivity index (χ0n) is 9.83. The first-order valence-corrected chi connectivity index (χ1v) is 6.98. The van der Waals surface area contributed by atoms with Gasteiger partial charge in [0.1, 0.15) is 19.6 Å². The van der Waals surface area contributed by atoms with E-state index in [1.807, 2.05) is 13.8 Å². The largest absolute Gasteiger partial charge is 0.756 e. The molecule has 0 aromatic carbocycles. The molecule has 2 radical (unpaired) electrons. The van der Waals surface area contributed by atoms with Crippen LogP contribution in [-0.2, 0) is 23.1 Å². The Labute approximate surface area is 102 Å². The van der Waals surface area contributed by atoms with E-state index in [1.165, 1.54) is 0 Å². The topological polar surface area (TPSA) is 77.1 Å². The molecule has 4 atom stereocenters. The van der Waals surface area contributed by atoms with Crippen LogP contribution in [0.2, 0.25) is 0 Å². The molecule has 1 unspecified atom stereocenters. The van der Waals surface area contributed by atoms with Crippen LogP contribution in [0.5, 0.6) is 0 Å². The van der Waals surface area contributed by atoms with E-state index >= 15 is 0 Å². The second kappa shape index (κ2) is 4.65. The fraction of sp³-hybridized carbons (Fsp3) is 1.00. The summed E-state index contributed by atoms with van der Waals surface area (Å²) < 4.78 is 31.8. The summed E-state index contributed by atoms with van der Waals surface area (Å²) in [6.45, 7) is 3.84. The van der Waals surface area contributed by atoms with Crippen molar-refractivity contribution in [1.82, 2.24) is 0 Å². The van der Waals surface area contributed by atoms with Crippen molar-refractivity contribution in [3.8, 4) is 0 Å². The number of hydrogen-bond acceptors (Lipinski definition) is 6. The van der Waals surface area contributed by atoms with Crippen molar-refractivity contribution < 1.29 is 28.0 Å². The Morgan fingerprint density at radius 1 is 1.65 bits per heavy atom.